The highest BCUT2D eigenvalue weighted by Crippen LogP contribution is 2.12. The summed E-state index contributed by atoms with van der Waals surface area (Å²) in [7, 11) is 2.08. The normalized spacial score (nSPS) is 12.6. The van der Waals surface area contributed by atoms with Crippen molar-refractivity contribution in [1.82, 2.24) is 4.98 Å². The first-order valence-electron chi connectivity index (χ1n) is 4.99. The topological polar surface area (TPSA) is 42.1 Å². The van der Waals surface area contributed by atoms with Crippen LogP contribution < -0.4 is 10.6 Å². The molecule has 0 fully saturated rings. The first kappa shape index (κ1) is 11.0. The Morgan fingerprint density at radius 2 is 2.29 bits per heavy atom. The van der Waals surface area contributed by atoms with E-state index in [4.69, 9.17) is 5.73 Å². The van der Waals surface area contributed by atoms with Gasteiger partial charge < -0.3 is 10.6 Å². The third kappa shape index (κ3) is 3.34. The van der Waals surface area contributed by atoms with Gasteiger partial charge >= 0.3 is 0 Å². The highest BCUT2D eigenvalue weighted by atomic mass is 15.1. The molecule has 1 unspecified atom stereocenters. The van der Waals surface area contributed by atoms with Gasteiger partial charge in [0.1, 0.15) is 0 Å². The Bertz CT molecular complexity index is 284. The Labute approximate surface area is 85.9 Å². The third-order valence-electron chi connectivity index (χ3n) is 2.24. The number of nitrogens with two attached hydrogens (primary N) is 1. The minimum absolute atomic E-state index is 0.264. The first-order valence-corrected chi connectivity index (χ1v) is 4.99. The molecular formula is C11H19N3. The lowest BCUT2D eigenvalue weighted by Crippen LogP contribution is -2.25. The molecule has 0 aromatic carbocycles. The van der Waals surface area contributed by atoms with Gasteiger partial charge in [-0.2, -0.15) is 0 Å². The summed E-state index contributed by atoms with van der Waals surface area (Å²) >= 11 is 0. The van der Waals surface area contributed by atoms with Crippen LogP contribution in [0.4, 0.5) is 5.69 Å². The summed E-state index contributed by atoms with van der Waals surface area (Å²) in [6.45, 7) is 5.02. The number of hydrogen-bond acceptors (Lipinski definition) is 3. The zero-order valence-electron chi connectivity index (χ0n) is 9.20. The van der Waals surface area contributed by atoms with E-state index in [2.05, 4.69) is 23.0 Å². The average Bonchev–Trinajstić information content (AvgIpc) is 2.14. The van der Waals surface area contributed by atoms with Crippen LogP contribution in [0.25, 0.3) is 0 Å². The van der Waals surface area contributed by atoms with Gasteiger partial charge in [0.25, 0.3) is 0 Å². The van der Waals surface area contributed by atoms with Crippen LogP contribution >= 0.6 is 0 Å². The fraction of sp³-hybridized carbons (Fsp3) is 0.545. The van der Waals surface area contributed by atoms with E-state index >= 15 is 0 Å². The Balaban J connectivity index is 2.56. The second kappa shape index (κ2) is 4.96. The van der Waals surface area contributed by atoms with Crippen LogP contribution in [0.1, 0.15) is 19.0 Å². The molecule has 3 heteroatoms. The standard InChI is InChI=1S/C11H19N3/c1-9(12)5-7-14(3)11-4-6-13-10(2)8-11/h4,6,8-9H,5,7,12H2,1-3H3. The second-order valence-electron chi connectivity index (χ2n) is 3.84. The fourth-order valence-electron chi connectivity index (χ4n) is 1.29. The molecule has 1 atom stereocenters. The summed E-state index contributed by atoms with van der Waals surface area (Å²) in [6, 6.07) is 4.37. The van der Waals surface area contributed by atoms with Crippen molar-refractivity contribution in [3.8, 4) is 0 Å². The molecule has 0 saturated carbocycles. The number of hydrogen-bond donors (Lipinski definition) is 1. The van der Waals surface area contributed by atoms with Crippen molar-refractivity contribution in [1.29, 1.82) is 0 Å². The maximum Gasteiger partial charge on any atom is 0.0397 e. The molecule has 1 aromatic heterocycles. The first-order chi connectivity index (χ1) is 6.59. The van der Waals surface area contributed by atoms with Crippen molar-refractivity contribution in [2.75, 3.05) is 18.5 Å². The van der Waals surface area contributed by atoms with Gasteiger partial charge in [-0.3, -0.25) is 4.98 Å². The van der Waals surface area contributed by atoms with Gasteiger partial charge in [0.15, 0.2) is 0 Å². The van der Waals surface area contributed by atoms with Crippen molar-refractivity contribution < 1.29 is 0 Å². The predicted octanol–water partition coefficient (Wildman–Crippen LogP) is 1.56. The van der Waals surface area contributed by atoms with Gasteiger partial charge in [0, 0.05) is 37.2 Å². The average molecular weight is 193 g/mol. The van der Waals surface area contributed by atoms with E-state index in [1.807, 2.05) is 26.1 Å². The van der Waals surface area contributed by atoms with Gasteiger partial charge in [-0.25, -0.2) is 0 Å². The predicted molar refractivity (Wildman–Crippen MR) is 60.5 cm³/mol. The largest absolute Gasteiger partial charge is 0.374 e. The van der Waals surface area contributed by atoms with Crippen molar-refractivity contribution >= 4 is 5.69 Å². The van der Waals surface area contributed by atoms with E-state index in [0.717, 1.165) is 18.7 Å². The monoisotopic (exact) mass is 193 g/mol. The molecule has 3 nitrogen and oxygen atoms in total. The summed E-state index contributed by atoms with van der Waals surface area (Å²) in [4.78, 5) is 6.37. The van der Waals surface area contributed by atoms with Crippen molar-refractivity contribution in [3.63, 3.8) is 0 Å². The molecule has 0 amide bonds. The molecule has 14 heavy (non-hydrogen) atoms. The summed E-state index contributed by atoms with van der Waals surface area (Å²) in [6.07, 6.45) is 2.85. The van der Waals surface area contributed by atoms with E-state index in [1.54, 1.807) is 0 Å². The summed E-state index contributed by atoms with van der Waals surface area (Å²) in [5, 5.41) is 0. The van der Waals surface area contributed by atoms with E-state index in [0.29, 0.717) is 0 Å². The van der Waals surface area contributed by atoms with Crippen LogP contribution in [0.2, 0.25) is 0 Å². The highest BCUT2D eigenvalue weighted by Gasteiger charge is 2.02. The Morgan fingerprint density at radius 1 is 1.57 bits per heavy atom. The molecule has 2 N–H and O–H groups in total. The molecule has 0 bridgehead atoms. The number of aromatic nitrogens is 1. The second-order valence-corrected chi connectivity index (χ2v) is 3.84. The minimum Gasteiger partial charge on any atom is -0.374 e. The van der Waals surface area contributed by atoms with Gasteiger partial charge in [0.2, 0.25) is 0 Å². The molecule has 78 valence electrons. The molecule has 1 aromatic rings. The summed E-state index contributed by atoms with van der Waals surface area (Å²) < 4.78 is 0. The van der Waals surface area contributed by atoms with Crippen LogP contribution in [0, 0.1) is 6.92 Å². The molecule has 0 aliphatic rings. The van der Waals surface area contributed by atoms with Crippen LogP contribution in [-0.2, 0) is 0 Å². The maximum atomic E-state index is 5.71. The molecule has 1 rings (SSSR count). The number of anilines is 1. The number of pyridine rings is 1. The summed E-state index contributed by atoms with van der Waals surface area (Å²) in [5.74, 6) is 0. The van der Waals surface area contributed by atoms with Crippen molar-refractivity contribution in [3.05, 3.63) is 24.0 Å². The highest BCUT2D eigenvalue weighted by molar-refractivity contribution is 5.45. The Hall–Kier alpha value is -1.09. The van der Waals surface area contributed by atoms with Crippen molar-refractivity contribution in [2.24, 2.45) is 5.73 Å². The molecular weight excluding hydrogens is 174 g/mol. The minimum atomic E-state index is 0.264. The lowest BCUT2D eigenvalue weighted by atomic mass is 10.2. The van der Waals surface area contributed by atoms with Crippen LogP contribution in [-0.4, -0.2) is 24.6 Å². The van der Waals surface area contributed by atoms with Gasteiger partial charge in [-0.05, 0) is 32.4 Å². The maximum absolute atomic E-state index is 5.71. The molecule has 1 heterocycles. The fourth-order valence-corrected chi connectivity index (χ4v) is 1.29. The number of nitrogens with zero attached hydrogens (tertiary/aromatic N) is 2. The van der Waals surface area contributed by atoms with E-state index in [9.17, 15) is 0 Å². The molecule has 0 aliphatic heterocycles. The number of aryl methyl sites for hydroxylation is 1. The zero-order valence-corrected chi connectivity index (χ0v) is 9.20. The third-order valence-corrected chi connectivity index (χ3v) is 2.24. The summed E-state index contributed by atoms with van der Waals surface area (Å²) in [5.41, 5.74) is 7.97. The van der Waals surface area contributed by atoms with Gasteiger partial charge in [-0.15, -0.1) is 0 Å². The SMILES string of the molecule is Cc1cc(N(C)CCC(C)N)ccn1. The van der Waals surface area contributed by atoms with Crippen LogP contribution in [0.15, 0.2) is 18.3 Å². The van der Waals surface area contributed by atoms with E-state index in [1.165, 1.54) is 5.69 Å². The van der Waals surface area contributed by atoms with E-state index < -0.39 is 0 Å². The number of rotatable bonds is 4. The lowest BCUT2D eigenvalue weighted by molar-refractivity contribution is 0.659. The van der Waals surface area contributed by atoms with Crippen molar-refractivity contribution in [2.45, 2.75) is 26.3 Å². The molecule has 0 aliphatic carbocycles. The van der Waals surface area contributed by atoms with Crippen LogP contribution in [0.3, 0.4) is 0 Å². The van der Waals surface area contributed by atoms with Gasteiger partial charge in [-0.1, -0.05) is 0 Å². The smallest absolute Gasteiger partial charge is 0.0397 e. The Morgan fingerprint density at radius 3 is 2.86 bits per heavy atom. The Kier molecular flexibility index (Phi) is 3.89. The molecule has 0 saturated heterocycles. The molecule has 0 radical (unpaired) electrons. The van der Waals surface area contributed by atoms with E-state index in [-0.39, 0.29) is 6.04 Å². The van der Waals surface area contributed by atoms with Gasteiger partial charge in [0.05, 0.1) is 0 Å². The quantitative estimate of drug-likeness (QED) is 0.789. The zero-order chi connectivity index (χ0) is 10.6. The van der Waals surface area contributed by atoms with Crippen LogP contribution in [0.5, 0.6) is 0 Å². The molecule has 0 spiro atoms. The lowest BCUT2D eigenvalue weighted by Gasteiger charge is -2.20.